The van der Waals surface area contributed by atoms with Gasteiger partial charge >= 0.3 is 0 Å². The first-order valence-electron chi connectivity index (χ1n) is 8.77. The van der Waals surface area contributed by atoms with E-state index in [1.54, 1.807) is 0 Å². The summed E-state index contributed by atoms with van der Waals surface area (Å²) in [6.45, 7) is 0.847. The second-order valence-electron chi connectivity index (χ2n) is 6.96. The Kier molecular flexibility index (Phi) is 4.38. The summed E-state index contributed by atoms with van der Waals surface area (Å²) in [4.78, 5) is 2.44. The lowest BCUT2D eigenvalue weighted by Crippen LogP contribution is -2.47. The molecule has 25 heavy (non-hydrogen) atoms. The molecule has 0 saturated carbocycles. The van der Waals surface area contributed by atoms with E-state index in [0.717, 1.165) is 37.4 Å². The van der Waals surface area contributed by atoms with Gasteiger partial charge < -0.3 is 0 Å². The van der Waals surface area contributed by atoms with E-state index in [-0.39, 0.29) is 17.6 Å². The Labute approximate surface area is 145 Å². The van der Waals surface area contributed by atoms with E-state index in [1.165, 1.54) is 5.56 Å². The molecule has 2 heterocycles. The van der Waals surface area contributed by atoms with Crippen molar-refractivity contribution >= 4 is 5.57 Å². The van der Waals surface area contributed by atoms with E-state index in [2.05, 4.69) is 17.0 Å². The number of fused-ring (bicyclic) bond motifs is 2. The summed E-state index contributed by atoms with van der Waals surface area (Å²) in [5.74, 6) is -2.79. The third kappa shape index (κ3) is 3.23. The maximum absolute atomic E-state index is 14.2. The normalized spacial score (nSPS) is 23.4. The molecule has 130 valence electrons. The molecule has 0 amide bonds. The minimum Gasteiger partial charge on any atom is -0.289 e. The standard InChI is InChI=1S/C21H20F3N/c22-16-11-19(21(24)20(23)12-16)15-9-17-7-4-8-18(10-15)25(17)13-14-5-2-1-3-6-14/h1-3,5-6,9,11-12,17-18H,4,7-8,10,13H2. The van der Waals surface area contributed by atoms with Crippen LogP contribution in [0.1, 0.15) is 36.8 Å². The van der Waals surface area contributed by atoms with Crippen LogP contribution in [0, 0.1) is 17.5 Å². The Morgan fingerprint density at radius 1 is 1.00 bits per heavy atom. The second-order valence-corrected chi connectivity index (χ2v) is 6.96. The van der Waals surface area contributed by atoms with Gasteiger partial charge in [-0.15, -0.1) is 0 Å². The first-order chi connectivity index (χ1) is 12.1. The highest BCUT2D eigenvalue weighted by molar-refractivity contribution is 5.68. The van der Waals surface area contributed by atoms with E-state index >= 15 is 0 Å². The monoisotopic (exact) mass is 343 g/mol. The Hall–Kier alpha value is -2.07. The number of piperidine rings is 1. The van der Waals surface area contributed by atoms with Gasteiger partial charge in [-0.3, -0.25) is 4.90 Å². The molecule has 1 saturated heterocycles. The molecule has 0 spiro atoms. The van der Waals surface area contributed by atoms with Gasteiger partial charge in [0.05, 0.1) is 0 Å². The first-order valence-corrected chi connectivity index (χ1v) is 8.77. The van der Waals surface area contributed by atoms with Gasteiger partial charge in [0.15, 0.2) is 11.6 Å². The third-order valence-corrected chi connectivity index (χ3v) is 5.33. The molecule has 0 radical (unpaired) electrons. The van der Waals surface area contributed by atoms with Crippen molar-refractivity contribution in [3.05, 3.63) is 77.1 Å². The lowest BCUT2D eigenvalue weighted by Gasteiger charge is -2.45. The number of hydrogen-bond donors (Lipinski definition) is 0. The van der Waals surface area contributed by atoms with Crippen molar-refractivity contribution < 1.29 is 13.2 Å². The molecular formula is C21H20F3N. The van der Waals surface area contributed by atoms with E-state index in [1.807, 2.05) is 24.3 Å². The van der Waals surface area contributed by atoms with Gasteiger partial charge in [0.2, 0.25) is 0 Å². The topological polar surface area (TPSA) is 3.24 Å². The van der Waals surface area contributed by atoms with Crippen LogP contribution >= 0.6 is 0 Å². The van der Waals surface area contributed by atoms with Gasteiger partial charge in [-0.25, -0.2) is 13.2 Å². The molecule has 0 aliphatic carbocycles. The summed E-state index contributed by atoms with van der Waals surface area (Å²) in [6.07, 6.45) is 5.79. The average Bonchev–Trinajstić information content (AvgIpc) is 2.59. The summed E-state index contributed by atoms with van der Waals surface area (Å²) >= 11 is 0. The number of benzene rings is 2. The molecule has 1 fully saturated rings. The Morgan fingerprint density at radius 3 is 2.56 bits per heavy atom. The smallest absolute Gasteiger partial charge is 0.166 e. The van der Waals surface area contributed by atoms with E-state index in [9.17, 15) is 13.2 Å². The molecule has 0 aromatic heterocycles. The van der Waals surface area contributed by atoms with E-state index in [0.29, 0.717) is 12.5 Å². The second kappa shape index (κ2) is 6.68. The van der Waals surface area contributed by atoms with Gasteiger partial charge in [0.1, 0.15) is 5.82 Å². The quantitative estimate of drug-likeness (QED) is 0.682. The van der Waals surface area contributed by atoms with Crippen LogP contribution in [0.4, 0.5) is 13.2 Å². The zero-order valence-electron chi connectivity index (χ0n) is 13.9. The van der Waals surface area contributed by atoms with Gasteiger partial charge in [0, 0.05) is 30.3 Å². The number of halogens is 3. The van der Waals surface area contributed by atoms with Crippen molar-refractivity contribution in [3.8, 4) is 0 Å². The molecule has 2 aromatic rings. The maximum Gasteiger partial charge on any atom is 0.166 e. The fourth-order valence-electron chi connectivity index (χ4n) is 4.15. The van der Waals surface area contributed by atoms with Crippen molar-refractivity contribution in [1.82, 2.24) is 4.90 Å². The lowest BCUT2D eigenvalue weighted by atomic mass is 9.82. The Morgan fingerprint density at radius 2 is 1.80 bits per heavy atom. The van der Waals surface area contributed by atoms with Gasteiger partial charge in [0.25, 0.3) is 0 Å². The van der Waals surface area contributed by atoms with E-state index in [4.69, 9.17) is 0 Å². The molecule has 2 unspecified atom stereocenters. The molecule has 0 N–H and O–H groups in total. The van der Waals surface area contributed by atoms with Crippen LogP contribution < -0.4 is 0 Å². The van der Waals surface area contributed by atoms with Crippen molar-refractivity contribution in [1.29, 1.82) is 0 Å². The highest BCUT2D eigenvalue weighted by Crippen LogP contribution is 2.39. The SMILES string of the molecule is Fc1cc(F)c(F)c(C2=CC3CCCC(C2)N3Cc2ccccc2)c1. The fourth-order valence-corrected chi connectivity index (χ4v) is 4.15. The molecule has 4 rings (SSSR count). The highest BCUT2D eigenvalue weighted by atomic mass is 19.2. The van der Waals surface area contributed by atoms with E-state index < -0.39 is 17.5 Å². The predicted octanol–water partition coefficient (Wildman–Crippen LogP) is 5.31. The van der Waals surface area contributed by atoms with Crippen LogP contribution in [-0.2, 0) is 6.54 Å². The van der Waals surface area contributed by atoms with Gasteiger partial charge in [-0.05, 0) is 36.5 Å². The number of nitrogens with zero attached hydrogens (tertiary/aromatic N) is 1. The molecule has 2 aliphatic rings. The minimum absolute atomic E-state index is 0.0776. The minimum atomic E-state index is -1.12. The maximum atomic E-state index is 14.2. The Bertz CT molecular complexity index is 800. The van der Waals surface area contributed by atoms with Crippen LogP contribution in [0.15, 0.2) is 48.5 Å². The van der Waals surface area contributed by atoms with Crippen LogP contribution in [0.2, 0.25) is 0 Å². The predicted molar refractivity (Wildman–Crippen MR) is 92.3 cm³/mol. The summed E-state index contributed by atoms with van der Waals surface area (Å²) in [6, 6.07) is 12.5. The summed E-state index contributed by atoms with van der Waals surface area (Å²) in [5, 5.41) is 0. The average molecular weight is 343 g/mol. The molecular weight excluding hydrogens is 323 g/mol. The summed E-state index contributed by atoms with van der Waals surface area (Å²) in [7, 11) is 0. The largest absolute Gasteiger partial charge is 0.289 e. The fraction of sp³-hybridized carbons (Fsp3) is 0.333. The van der Waals surface area contributed by atoms with Crippen molar-refractivity contribution in [2.24, 2.45) is 0 Å². The van der Waals surface area contributed by atoms with Gasteiger partial charge in [-0.1, -0.05) is 42.8 Å². The lowest BCUT2D eigenvalue weighted by molar-refractivity contribution is 0.0950. The Balaban J connectivity index is 1.66. The van der Waals surface area contributed by atoms with Crippen LogP contribution in [0.5, 0.6) is 0 Å². The zero-order valence-corrected chi connectivity index (χ0v) is 13.9. The third-order valence-electron chi connectivity index (χ3n) is 5.33. The van der Waals surface area contributed by atoms with Crippen LogP contribution in [0.3, 0.4) is 0 Å². The number of rotatable bonds is 3. The summed E-state index contributed by atoms with van der Waals surface area (Å²) in [5.41, 5.74) is 2.06. The molecule has 2 aromatic carbocycles. The summed E-state index contributed by atoms with van der Waals surface area (Å²) < 4.78 is 41.4. The molecule has 2 aliphatic heterocycles. The van der Waals surface area contributed by atoms with Crippen molar-refractivity contribution in [2.75, 3.05) is 0 Å². The first kappa shape index (κ1) is 16.4. The van der Waals surface area contributed by atoms with Crippen molar-refractivity contribution in [3.63, 3.8) is 0 Å². The molecule has 2 bridgehead atoms. The van der Waals surface area contributed by atoms with Crippen LogP contribution in [0.25, 0.3) is 5.57 Å². The molecule has 4 heteroatoms. The highest BCUT2D eigenvalue weighted by Gasteiger charge is 2.35. The van der Waals surface area contributed by atoms with Crippen molar-refractivity contribution in [2.45, 2.75) is 44.3 Å². The number of hydrogen-bond acceptors (Lipinski definition) is 1. The zero-order chi connectivity index (χ0) is 17.4. The van der Waals surface area contributed by atoms with Crippen LogP contribution in [-0.4, -0.2) is 17.0 Å². The van der Waals surface area contributed by atoms with Gasteiger partial charge in [-0.2, -0.15) is 0 Å². The molecule has 2 atom stereocenters. The molecule has 1 nitrogen and oxygen atoms in total.